The fourth-order valence-electron chi connectivity index (χ4n) is 6.85. The summed E-state index contributed by atoms with van der Waals surface area (Å²) in [6.45, 7) is 106. The fourth-order valence-corrected chi connectivity index (χ4v) is 6.85. The molecule has 0 aromatic heterocycles. The standard InChI is InChI=1S/C12H21NO.C11H21NO.C11H19NO.C10H19NO.C10H18O2.C10H18O.2C9H16O2.C8H14O2/c1-6-9-13(11(14)7-2)10-8-12(3,4)5;1-6-10(13)12(7-2)9-8-11(3,4)5;1-6-8-12(10(13)7-2)9-11(3,4)5;1-6-9(12)11(7-2)8-10(3,4)5;1-6-7-9(11)12-8(2)10(3,4)5;1-8(2)6-9(11)7-10(3,4)5;1-6-8(10)11-7(2)9(3,4)5;1-5-6-8(10)11-7-9(2,3)4;1-5-7(9)10-6-8(2,3)4/h6-7H,1-2,8-10H2,3-5H3;6H,1,7-9H2,2-5H3;6-7H,1-2,8-9H2,3-5H3;6H,1,7-8H2,2-5H3;6-8H,1-5H3;6H,7H2,1-5H3;6-7H,1H2,2-5H3;5-6H,7H2,1-4H3;5H,1,6H2,2-4H3/b;;;;7-6+;;;6-5+;. The van der Waals surface area contributed by atoms with E-state index in [1.165, 1.54) is 48.6 Å². The Labute approximate surface area is 657 Å². The molecule has 0 N–H and O–H groups in total. The Morgan fingerprint density at radius 3 is 0.944 bits per heavy atom. The van der Waals surface area contributed by atoms with Gasteiger partial charge >= 0.3 is 23.9 Å². The van der Waals surface area contributed by atoms with Crippen LogP contribution in [0.1, 0.15) is 262 Å². The van der Waals surface area contributed by atoms with E-state index < -0.39 is 0 Å². The third-order valence-electron chi connectivity index (χ3n) is 13.4. The van der Waals surface area contributed by atoms with Crippen LogP contribution >= 0.6 is 0 Å². The zero-order valence-electron chi connectivity index (χ0n) is 75.1. The van der Waals surface area contributed by atoms with Crippen molar-refractivity contribution in [3.05, 3.63) is 137 Å². The summed E-state index contributed by atoms with van der Waals surface area (Å²) in [7, 11) is 0. The topological polar surface area (TPSA) is 204 Å². The molecule has 0 fully saturated rings. The molecule has 17 nitrogen and oxygen atoms in total. The number of ketones is 1. The summed E-state index contributed by atoms with van der Waals surface area (Å²) < 4.78 is 19.9. The van der Waals surface area contributed by atoms with E-state index in [-0.39, 0.29) is 114 Å². The van der Waals surface area contributed by atoms with E-state index in [0.717, 1.165) is 57.7 Å². The van der Waals surface area contributed by atoms with E-state index in [9.17, 15) is 43.2 Å². The van der Waals surface area contributed by atoms with E-state index in [0.29, 0.717) is 32.7 Å². The molecule has 0 saturated heterocycles. The van der Waals surface area contributed by atoms with Crippen molar-refractivity contribution >= 4 is 53.3 Å². The molecule has 17 heteroatoms. The first-order valence-electron chi connectivity index (χ1n) is 37.4. The first-order chi connectivity index (χ1) is 48.1. The zero-order chi connectivity index (χ0) is 87.0. The second kappa shape index (κ2) is 60.5. The highest BCUT2D eigenvalue weighted by Crippen LogP contribution is 2.25. The van der Waals surface area contributed by atoms with Crippen LogP contribution in [0, 0.1) is 48.7 Å². The normalized spacial score (nSPS) is 11.7. The van der Waals surface area contributed by atoms with Gasteiger partial charge in [0.2, 0.25) is 23.6 Å². The summed E-state index contributed by atoms with van der Waals surface area (Å²) in [5.74, 6) is -0.995. The number of rotatable bonds is 26. The van der Waals surface area contributed by atoms with Crippen molar-refractivity contribution in [2.45, 2.75) is 274 Å². The van der Waals surface area contributed by atoms with Crippen LogP contribution in [-0.2, 0) is 62.1 Å². The van der Waals surface area contributed by atoms with Crippen molar-refractivity contribution in [3.8, 4) is 0 Å². The molecule has 2 atom stereocenters. The molecule has 620 valence electrons. The minimum atomic E-state index is -0.354. The summed E-state index contributed by atoms with van der Waals surface area (Å²) in [5, 5.41) is 0. The van der Waals surface area contributed by atoms with Crippen molar-refractivity contribution in [1.29, 1.82) is 0 Å². The average molecular weight is 1510 g/mol. The van der Waals surface area contributed by atoms with Gasteiger partial charge in [0.15, 0.2) is 5.78 Å². The number of carbonyl (C=O) groups is 9. The molecule has 0 radical (unpaired) electrons. The van der Waals surface area contributed by atoms with Gasteiger partial charge in [0, 0.05) is 83.1 Å². The van der Waals surface area contributed by atoms with Gasteiger partial charge in [0.05, 0.1) is 13.2 Å². The molecule has 0 heterocycles. The summed E-state index contributed by atoms with van der Waals surface area (Å²) >= 11 is 0. The number of hydrogen-bond acceptors (Lipinski definition) is 13. The smallest absolute Gasteiger partial charge is 0.330 e. The Morgan fingerprint density at radius 2 is 0.664 bits per heavy atom. The van der Waals surface area contributed by atoms with Gasteiger partial charge in [-0.2, -0.15) is 0 Å². The van der Waals surface area contributed by atoms with E-state index in [1.54, 1.807) is 58.9 Å². The molecular formula is C90H162N4O13. The highest BCUT2D eigenvalue weighted by molar-refractivity contribution is 5.91. The van der Waals surface area contributed by atoms with Crippen LogP contribution in [0.15, 0.2) is 137 Å². The predicted molar refractivity (Wildman–Crippen MR) is 455 cm³/mol. The highest BCUT2D eigenvalue weighted by atomic mass is 16.6. The first kappa shape index (κ1) is 118. The monoisotopic (exact) mass is 1510 g/mol. The maximum absolute atomic E-state index is 11.4. The van der Waals surface area contributed by atoms with Gasteiger partial charge in [0.25, 0.3) is 0 Å². The van der Waals surface area contributed by atoms with Crippen molar-refractivity contribution < 1.29 is 62.1 Å². The van der Waals surface area contributed by atoms with Crippen LogP contribution in [0.5, 0.6) is 0 Å². The molecule has 0 aromatic carbocycles. The van der Waals surface area contributed by atoms with Gasteiger partial charge < -0.3 is 38.5 Å². The largest absolute Gasteiger partial charge is 0.462 e. The van der Waals surface area contributed by atoms with Crippen LogP contribution < -0.4 is 0 Å². The Hall–Kier alpha value is -7.43. The molecule has 4 amide bonds. The lowest BCUT2D eigenvalue weighted by Crippen LogP contribution is -2.36. The fraction of sp³-hybridized carbons (Fsp3) is 0.656. The summed E-state index contributed by atoms with van der Waals surface area (Å²) in [4.78, 5) is 107. The molecule has 0 aliphatic rings. The van der Waals surface area contributed by atoms with Crippen molar-refractivity contribution in [1.82, 2.24) is 19.6 Å². The molecular weight excluding hydrogens is 1350 g/mol. The Morgan fingerprint density at radius 1 is 0.364 bits per heavy atom. The lowest BCUT2D eigenvalue weighted by Gasteiger charge is -2.28. The molecule has 0 saturated carbocycles. The summed E-state index contributed by atoms with van der Waals surface area (Å²) in [6, 6.07) is 0. The van der Waals surface area contributed by atoms with E-state index in [4.69, 9.17) is 18.9 Å². The average Bonchev–Trinajstić information content (AvgIpc) is 0.894. The Kier molecular flexibility index (Phi) is 66.7. The van der Waals surface area contributed by atoms with Gasteiger partial charge in [-0.05, 0) is 147 Å². The Bertz CT molecular complexity index is 2710. The van der Waals surface area contributed by atoms with Gasteiger partial charge in [-0.15, -0.1) is 13.2 Å². The quantitative estimate of drug-likeness (QED) is 0.0343. The molecule has 0 aromatic rings. The van der Waals surface area contributed by atoms with Crippen LogP contribution in [0.4, 0.5) is 0 Å². The lowest BCUT2D eigenvalue weighted by atomic mass is 9.89. The van der Waals surface area contributed by atoms with Crippen LogP contribution in [0.25, 0.3) is 0 Å². The minimum absolute atomic E-state index is 0.00132. The van der Waals surface area contributed by atoms with Gasteiger partial charge in [-0.1, -0.05) is 256 Å². The maximum Gasteiger partial charge on any atom is 0.330 e. The number of likely N-dealkylation sites (N-methyl/N-ethyl adjacent to an activating group) is 2. The minimum Gasteiger partial charge on any atom is -0.462 e. The van der Waals surface area contributed by atoms with Gasteiger partial charge in [0.1, 0.15) is 12.2 Å². The van der Waals surface area contributed by atoms with Crippen LogP contribution in [-0.4, -0.2) is 151 Å². The SMILES string of the molecule is C/C=C/C(=O)OC(C)C(C)(C)C.C/C=C/C(=O)OCC(C)(C)C.C=CC(=O)N(CC)CC(C)(C)C.C=CC(=O)N(CC)CCC(C)(C)C.C=CC(=O)OC(C)C(C)(C)C.C=CC(=O)OCC(C)(C)C.C=CCN(CC(C)(C)C)C(=O)C=C.C=CCN(CCC(C)(C)C)C(=O)C=C.CC(C)=CC(=O)CC(C)(C)C. The number of amides is 4. The first-order valence-corrected chi connectivity index (χ1v) is 37.4. The van der Waals surface area contributed by atoms with E-state index in [2.05, 4.69) is 156 Å². The van der Waals surface area contributed by atoms with Crippen molar-refractivity contribution in [2.75, 3.05) is 65.6 Å². The van der Waals surface area contributed by atoms with Crippen LogP contribution in [0.3, 0.4) is 0 Å². The highest BCUT2D eigenvalue weighted by Gasteiger charge is 2.25. The van der Waals surface area contributed by atoms with Crippen molar-refractivity contribution in [2.24, 2.45) is 48.7 Å². The molecule has 0 aliphatic heterocycles. The summed E-state index contributed by atoms with van der Waals surface area (Å²) in [5.41, 5.74) is 2.11. The van der Waals surface area contributed by atoms with Gasteiger partial charge in [-0.3, -0.25) is 24.0 Å². The molecule has 0 spiro atoms. The number of allylic oxidation sites excluding steroid dienone is 4. The number of carbonyl (C=O) groups excluding carboxylic acids is 9. The molecule has 2 unspecified atom stereocenters. The number of nitrogens with zero attached hydrogens (tertiary/aromatic N) is 4. The molecule has 0 bridgehead atoms. The molecule has 107 heavy (non-hydrogen) atoms. The summed E-state index contributed by atoms with van der Waals surface area (Å²) in [6.07, 6.45) is 21.7. The zero-order valence-corrected chi connectivity index (χ0v) is 75.1. The lowest BCUT2D eigenvalue weighted by molar-refractivity contribution is -0.147. The Balaban J connectivity index is -0.000000144. The predicted octanol–water partition coefficient (Wildman–Crippen LogP) is 20.9. The number of hydrogen-bond donors (Lipinski definition) is 0. The van der Waals surface area contributed by atoms with Crippen LogP contribution in [0.2, 0.25) is 0 Å². The molecule has 0 aliphatic carbocycles. The second-order valence-corrected chi connectivity index (χ2v) is 36.5. The third-order valence-corrected chi connectivity index (χ3v) is 13.4. The third kappa shape index (κ3) is 92.7. The van der Waals surface area contributed by atoms with Gasteiger partial charge in [-0.25, -0.2) is 19.2 Å². The van der Waals surface area contributed by atoms with E-state index in [1.807, 2.05) is 130 Å². The molecule has 0 rings (SSSR count). The van der Waals surface area contributed by atoms with E-state index >= 15 is 0 Å². The second-order valence-electron chi connectivity index (χ2n) is 36.5. The number of ether oxygens (including phenoxy) is 4. The number of esters is 4. The maximum atomic E-state index is 11.4. The van der Waals surface area contributed by atoms with Crippen molar-refractivity contribution in [3.63, 3.8) is 0 Å².